The zero-order valence-corrected chi connectivity index (χ0v) is 11.3. The first kappa shape index (κ1) is 15.6. The molecule has 0 aliphatic heterocycles. The average molecular weight is 284 g/mol. The van der Waals surface area contributed by atoms with Gasteiger partial charge >= 0.3 is 0 Å². The zero-order chi connectivity index (χ0) is 10.2. The molecule has 7 heteroatoms. The Labute approximate surface area is 111 Å². The molecule has 0 atom stereocenters. The maximum atomic E-state index is 11.7. The number of carbonyl (C=O) groups excluding carboxylic acids is 1. The van der Waals surface area contributed by atoms with Gasteiger partial charge in [-0.3, -0.25) is 4.79 Å². The lowest BCUT2D eigenvalue weighted by molar-refractivity contribution is -0.132. The van der Waals surface area contributed by atoms with Crippen LogP contribution >= 0.6 is 36.2 Å². The highest BCUT2D eigenvalue weighted by Gasteiger charge is 2.47. The Kier molecular flexibility index (Phi) is 5.69. The molecular formula is C9H15Cl2N3OS. The van der Waals surface area contributed by atoms with Crippen molar-refractivity contribution in [1.29, 1.82) is 0 Å². The minimum absolute atomic E-state index is 0. The van der Waals surface area contributed by atoms with Gasteiger partial charge in [0.05, 0.1) is 12.1 Å². The third-order valence-electron chi connectivity index (χ3n) is 2.42. The summed E-state index contributed by atoms with van der Waals surface area (Å²) in [7, 11) is 1.77. The van der Waals surface area contributed by atoms with Gasteiger partial charge in [0.1, 0.15) is 5.01 Å². The summed E-state index contributed by atoms with van der Waals surface area (Å²) in [6.07, 6.45) is 3.37. The maximum Gasteiger partial charge on any atom is 0.242 e. The van der Waals surface area contributed by atoms with Crippen molar-refractivity contribution in [3.63, 3.8) is 0 Å². The predicted octanol–water partition coefficient (Wildman–Crippen LogP) is 1.44. The Bertz CT molecular complexity index is 341. The molecule has 1 aromatic heterocycles. The molecule has 1 heterocycles. The van der Waals surface area contributed by atoms with Crippen LogP contribution in [0.1, 0.15) is 17.8 Å². The Balaban J connectivity index is 0.00000112. The highest BCUT2D eigenvalue weighted by molar-refractivity contribution is 7.09. The number of aromatic nitrogens is 1. The standard InChI is InChI=1S/C9H13N3OS.2ClH/c1-12(6-7-11-4-5-14-7)8(13)9(10)2-3-9;;/h4-5H,2-3,6,10H2,1H3;2*1H. The Morgan fingerprint density at radius 1 is 1.62 bits per heavy atom. The molecule has 1 aliphatic rings. The van der Waals surface area contributed by atoms with Crippen LogP contribution in [-0.2, 0) is 11.3 Å². The molecule has 92 valence electrons. The molecule has 2 rings (SSSR count). The molecule has 1 amide bonds. The number of amides is 1. The van der Waals surface area contributed by atoms with Gasteiger partial charge in [-0.05, 0) is 12.8 Å². The molecule has 4 nitrogen and oxygen atoms in total. The van der Waals surface area contributed by atoms with Gasteiger partial charge in [0.2, 0.25) is 5.91 Å². The van der Waals surface area contributed by atoms with E-state index in [1.807, 2.05) is 5.38 Å². The van der Waals surface area contributed by atoms with Crippen molar-refractivity contribution in [1.82, 2.24) is 9.88 Å². The first-order valence-corrected chi connectivity index (χ1v) is 5.43. The van der Waals surface area contributed by atoms with Crippen molar-refractivity contribution in [2.45, 2.75) is 24.9 Å². The fourth-order valence-corrected chi connectivity index (χ4v) is 2.00. The number of hydrogen-bond donors (Lipinski definition) is 1. The Hall–Kier alpha value is -0.360. The number of hydrogen-bond acceptors (Lipinski definition) is 4. The second kappa shape index (κ2) is 5.82. The van der Waals surface area contributed by atoms with Gasteiger partial charge < -0.3 is 10.6 Å². The van der Waals surface area contributed by atoms with Crippen molar-refractivity contribution in [3.05, 3.63) is 16.6 Å². The molecule has 1 aliphatic carbocycles. The van der Waals surface area contributed by atoms with E-state index in [0.717, 1.165) is 17.8 Å². The van der Waals surface area contributed by atoms with Crippen LogP contribution in [0.25, 0.3) is 0 Å². The minimum atomic E-state index is -0.563. The molecule has 2 N–H and O–H groups in total. The SMILES string of the molecule is CN(Cc1nccs1)C(=O)C1(N)CC1.Cl.Cl. The van der Waals surface area contributed by atoms with Crippen LogP contribution in [0.4, 0.5) is 0 Å². The molecule has 1 aromatic rings. The van der Waals surface area contributed by atoms with E-state index in [9.17, 15) is 4.79 Å². The first-order chi connectivity index (χ1) is 6.62. The van der Waals surface area contributed by atoms with E-state index in [1.165, 1.54) is 0 Å². The third kappa shape index (κ3) is 3.31. The van der Waals surface area contributed by atoms with E-state index in [0.29, 0.717) is 6.54 Å². The van der Waals surface area contributed by atoms with Gasteiger partial charge in [-0.2, -0.15) is 0 Å². The zero-order valence-electron chi connectivity index (χ0n) is 8.88. The van der Waals surface area contributed by atoms with Crippen LogP contribution in [0.3, 0.4) is 0 Å². The van der Waals surface area contributed by atoms with Gasteiger partial charge in [-0.15, -0.1) is 36.2 Å². The van der Waals surface area contributed by atoms with Crippen LogP contribution in [0.2, 0.25) is 0 Å². The fourth-order valence-electron chi connectivity index (χ4n) is 1.33. The summed E-state index contributed by atoms with van der Waals surface area (Å²) in [6, 6.07) is 0. The normalized spacial score (nSPS) is 15.6. The first-order valence-electron chi connectivity index (χ1n) is 4.55. The quantitative estimate of drug-likeness (QED) is 0.913. The van der Waals surface area contributed by atoms with Crippen molar-refractivity contribution < 1.29 is 4.79 Å². The van der Waals surface area contributed by atoms with E-state index < -0.39 is 5.54 Å². The molecule has 1 fully saturated rings. The number of likely N-dealkylation sites (N-methyl/N-ethyl adjacent to an activating group) is 1. The number of nitrogens with zero attached hydrogens (tertiary/aromatic N) is 2. The lowest BCUT2D eigenvalue weighted by Crippen LogP contribution is -2.43. The molecule has 16 heavy (non-hydrogen) atoms. The predicted molar refractivity (Wildman–Crippen MR) is 69.2 cm³/mol. The third-order valence-corrected chi connectivity index (χ3v) is 3.18. The van der Waals surface area contributed by atoms with E-state index in [2.05, 4.69) is 4.98 Å². The van der Waals surface area contributed by atoms with Crippen LogP contribution in [0, 0.1) is 0 Å². The molecule has 0 unspecified atom stereocenters. The van der Waals surface area contributed by atoms with Crippen molar-refractivity contribution in [2.75, 3.05) is 7.05 Å². The van der Waals surface area contributed by atoms with Crippen LogP contribution in [0.15, 0.2) is 11.6 Å². The fraction of sp³-hybridized carbons (Fsp3) is 0.556. The van der Waals surface area contributed by atoms with Gasteiger partial charge in [0.15, 0.2) is 0 Å². The Morgan fingerprint density at radius 3 is 2.69 bits per heavy atom. The van der Waals surface area contributed by atoms with Crippen LogP contribution < -0.4 is 5.73 Å². The summed E-state index contributed by atoms with van der Waals surface area (Å²) in [4.78, 5) is 17.5. The van der Waals surface area contributed by atoms with Crippen LogP contribution in [0.5, 0.6) is 0 Å². The van der Waals surface area contributed by atoms with Gasteiger partial charge in [-0.1, -0.05) is 0 Å². The molecule has 1 saturated carbocycles. The summed E-state index contributed by atoms with van der Waals surface area (Å²) >= 11 is 1.55. The second-order valence-corrected chi connectivity index (χ2v) is 4.72. The molecule has 0 saturated heterocycles. The summed E-state index contributed by atoms with van der Waals surface area (Å²) in [5.74, 6) is 0.0349. The smallest absolute Gasteiger partial charge is 0.242 e. The summed E-state index contributed by atoms with van der Waals surface area (Å²) in [5.41, 5.74) is 5.25. The highest BCUT2D eigenvalue weighted by atomic mass is 35.5. The van der Waals surface area contributed by atoms with E-state index >= 15 is 0 Å². The van der Waals surface area contributed by atoms with Crippen LogP contribution in [-0.4, -0.2) is 28.4 Å². The molecule has 0 bridgehead atoms. The Morgan fingerprint density at radius 2 is 2.25 bits per heavy atom. The molecule has 0 radical (unpaired) electrons. The van der Waals surface area contributed by atoms with Gasteiger partial charge in [0.25, 0.3) is 0 Å². The van der Waals surface area contributed by atoms with Crippen molar-refractivity contribution >= 4 is 42.1 Å². The van der Waals surface area contributed by atoms with Crippen molar-refractivity contribution in [2.24, 2.45) is 5.73 Å². The van der Waals surface area contributed by atoms with E-state index in [1.54, 1.807) is 29.5 Å². The topological polar surface area (TPSA) is 59.2 Å². The lowest BCUT2D eigenvalue weighted by Gasteiger charge is -2.19. The summed E-state index contributed by atoms with van der Waals surface area (Å²) in [5, 5.41) is 2.85. The summed E-state index contributed by atoms with van der Waals surface area (Å²) < 4.78 is 0. The van der Waals surface area contributed by atoms with Gasteiger partial charge in [0, 0.05) is 18.6 Å². The number of halogens is 2. The number of thiazole rings is 1. The lowest BCUT2D eigenvalue weighted by atomic mass is 10.2. The van der Waals surface area contributed by atoms with Crippen molar-refractivity contribution in [3.8, 4) is 0 Å². The summed E-state index contributed by atoms with van der Waals surface area (Å²) in [6.45, 7) is 0.565. The largest absolute Gasteiger partial charge is 0.337 e. The number of carbonyl (C=O) groups is 1. The average Bonchev–Trinajstić information content (AvgIpc) is 2.71. The molecule has 0 aromatic carbocycles. The monoisotopic (exact) mass is 283 g/mol. The molecular weight excluding hydrogens is 269 g/mol. The maximum absolute atomic E-state index is 11.7. The minimum Gasteiger partial charge on any atom is -0.337 e. The van der Waals surface area contributed by atoms with E-state index in [4.69, 9.17) is 5.73 Å². The number of nitrogens with two attached hydrogens (primary N) is 1. The molecule has 0 spiro atoms. The second-order valence-electron chi connectivity index (χ2n) is 3.74. The van der Waals surface area contributed by atoms with E-state index in [-0.39, 0.29) is 30.7 Å². The van der Waals surface area contributed by atoms with Gasteiger partial charge in [-0.25, -0.2) is 4.98 Å². The number of rotatable bonds is 3. The highest BCUT2D eigenvalue weighted by Crippen LogP contribution is 2.34.